The van der Waals surface area contributed by atoms with Gasteiger partial charge in [0.2, 0.25) is 5.91 Å². The van der Waals surface area contributed by atoms with E-state index in [0.29, 0.717) is 29.9 Å². The van der Waals surface area contributed by atoms with Crippen molar-refractivity contribution in [3.8, 4) is 5.69 Å². The zero-order chi connectivity index (χ0) is 14.7. The van der Waals surface area contributed by atoms with Crippen molar-refractivity contribution in [2.24, 2.45) is 11.7 Å². The van der Waals surface area contributed by atoms with Crippen LogP contribution < -0.4 is 5.73 Å². The standard InChI is InChI=1S/C14H16N4O2/c1-9(2)7-13-12(8-19)16-17-18(13)11-5-3-10(4-6-11)14(15)20/h3-6,8-9H,7H2,1-2H3,(H2,15,20). The molecule has 2 aromatic rings. The summed E-state index contributed by atoms with van der Waals surface area (Å²) in [7, 11) is 0. The topological polar surface area (TPSA) is 90.9 Å². The van der Waals surface area contributed by atoms with Gasteiger partial charge in [0.25, 0.3) is 0 Å². The van der Waals surface area contributed by atoms with E-state index in [1.807, 2.05) is 0 Å². The van der Waals surface area contributed by atoms with Gasteiger partial charge in [-0.25, -0.2) is 4.68 Å². The van der Waals surface area contributed by atoms with Gasteiger partial charge in [0.15, 0.2) is 6.29 Å². The number of amides is 1. The highest BCUT2D eigenvalue weighted by atomic mass is 16.1. The molecule has 2 rings (SSSR count). The number of aromatic nitrogens is 3. The lowest BCUT2D eigenvalue weighted by atomic mass is 10.1. The Bertz CT molecular complexity index is 629. The minimum absolute atomic E-state index is 0.345. The predicted molar refractivity (Wildman–Crippen MR) is 73.8 cm³/mol. The van der Waals surface area contributed by atoms with E-state index < -0.39 is 5.91 Å². The van der Waals surface area contributed by atoms with Crippen LogP contribution in [-0.2, 0) is 6.42 Å². The average molecular weight is 272 g/mol. The molecule has 0 saturated heterocycles. The highest BCUT2D eigenvalue weighted by Gasteiger charge is 2.15. The maximum atomic E-state index is 11.1. The van der Waals surface area contributed by atoms with Gasteiger partial charge in [-0.3, -0.25) is 9.59 Å². The van der Waals surface area contributed by atoms with Crippen LogP contribution in [0.5, 0.6) is 0 Å². The number of carbonyl (C=O) groups is 2. The van der Waals surface area contributed by atoms with E-state index in [-0.39, 0.29) is 0 Å². The summed E-state index contributed by atoms with van der Waals surface area (Å²) in [5, 5.41) is 7.88. The average Bonchev–Trinajstić information content (AvgIpc) is 2.81. The monoisotopic (exact) mass is 272 g/mol. The Morgan fingerprint density at radius 2 is 2.00 bits per heavy atom. The first-order valence-electron chi connectivity index (χ1n) is 6.33. The molecule has 1 aromatic heterocycles. The highest BCUT2D eigenvalue weighted by Crippen LogP contribution is 2.16. The molecule has 0 aliphatic heterocycles. The molecular formula is C14H16N4O2. The van der Waals surface area contributed by atoms with Crippen molar-refractivity contribution in [3.05, 3.63) is 41.2 Å². The van der Waals surface area contributed by atoms with Crippen LogP contribution in [-0.4, -0.2) is 27.2 Å². The molecule has 0 unspecified atom stereocenters. The quantitative estimate of drug-likeness (QED) is 0.832. The first kappa shape index (κ1) is 13.9. The molecule has 1 aromatic carbocycles. The number of primary amides is 1. The van der Waals surface area contributed by atoms with Crippen LogP contribution in [0.2, 0.25) is 0 Å². The molecule has 0 saturated carbocycles. The van der Waals surface area contributed by atoms with Crippen molar-refractivity contribution in [2.75, 3.05) is 0 Å². The number of nitrogens with two attached hydrogens (primary N) is 1. The molecule has 0 aliphatic carbocycles. The molecule has 0 bridgehead atoms. The van der Waals surface area contributed by atoms with Crippen molar-refractivity contribution in [1.82, 2.24) is 15.0 Å². The number of hydrogen-bond donors (Lipinski definition) is 1. The second-order valence-corrected chi connectivity index (χ2v) is 4.96. The zero-order valence-corrected chi connectivity index (χ0v) is 11.4. The number of rotatable bonds is 5. The molecule has 2 N–H and O–H groups in total. The lowest BCUT2D eigenvalue weighted by Crippen LogP contribution is -2.11. The van der Waals surface area contributed by atoms with Gasteiger partial charge in [-0.05, 0) is 36.6 Å². The molecule has 0 atom stereocenters. The molecule has 0 radical (unpaired) electrons. The van der Waals surface area contributed by atoms with Crippen molar-refractivity contribution >= 4 is 12.2 Å². The van der Waals surface area contributed by atoms with Crippen LogP contribution in [0.4, 0.5) is 0 Å². The fraction of sp³-hybridized carbons (Fsp3) is 0.286. The smallest absolute Gasteiger partial charge is 0.248 e. The van der Waals surface area contributed by atoms with Crippen LogP contribution in [0.3, 0.4) is 0 Å². The summed E-state index contributed by atoms with van der Waals surface area (Å²) >= 11 is 0. The molecule has 6 nitrogen and oxygen atoms in total. The molecule has 20 heavy (non-hydrogen) atoms. The summed E-state index contributed by atoms with van der Waals surface area (Å²) in [6, 6.07) is 6.71. The van der Waals surface area contributed by atoms with Gasteiger partial charge in [-0.1, -0.05) is 19.1 Å². The van der Waals surface area contributed by atoms with Crippen molar-refractivity contribution in [1.29, 1.82) is 0 Å². The van der Waals surface area contributed by atoms with Gasteiger partial charge in [0.05, 0.1) is 11.4 Å². The van der Waals surface area contributed by atoms with Gasteiger partial charge < -0.3 is 5.73 Å². The molecular weight excluding hydrogens is 256 g/mol. The Hall–Kier alpha value is -2.50. The Morgan fingerprint density at radius 1 is 1.35 bits per heavy atom. The van der Waals surface area contributed by atoms with E-state index in [1.54, 1.807) is 28.9 Å². The number of aldehydes is 1. The van der Waals surface area contributed by atoms with Crippen LogP contribution in [0.15, 0.2) is 24.3 Å². The molecule has 0 aliphatic rings. The van der Waals surface area contributed by atoms with Gasteiger partial charge in [0.1, 0.15) is 5.69 Å². The third-order valence-electron chi connectivity index (χ3n) is 2.90. The number of benzene rings is 1. The summed E-state index contributed by atoms with van der Waals surface area (Å²) in [4.78, 5) is 22.1. The van der Waals surface area contributed by atoms with E-state index in [1.165, 1.54) is 0 Å². The third kappa shape index (κ3) is 2.74. The minimum Gasteiger partial charge on any atom is -0.366 e. The number of nitrogens with zero attached hydrogens (tertiary/aromatic N) is 3. The molecule has 0 spiro atoms. The molecule has 104 valence electrons. The molecule has 1 heterocycles. The SMILES string of the molecule is CC(C)Cc1c(C=O)nnn1-c1ccc(C(N)=O)cc1. The van der Waals surface area contributed by atoms with Crippen LogP contribution in [0.1, 0.15) is 40.4 Å². The first-order valence-corrected chi connectivity index (χ1v) is 6.33. The summed E-state index contributed by atoms with van der Waals surface area (Å²) < 4.78 is 1.62. The van der Waals surface area contributed by atoms with Crippen molar-refractivity contribution in [3.63, 3.8) is 0 Å². The Labute approximate surface area is 116 Å². The molecule has 0 fully saturated rings. The lowest BCUT2D eigenvalue weighted by molar-refractivity contribution is 0.1000. The minimum atomic E-state index is -0.480. The summed E-state index contributed by atoms with van der Waals surface area (Å²) in [6.07, 6.45) is 1.40. The summed E-state index contributed by atoms with van der Waals surface area (Å²) in [6.45, 7) is 4.12. The fourth-order valence-electron chi connectivity index (χ4n) is 1.96. The lowest BCUT2D eigenvalue weighted by Gasteiger charge is -2.09. The Kier molecular flexibility index (Phi) is 3.93. The fourth-order valence-corrected chi connectivity index (χ4v) is 1.96. The highest BCUT2D eigenvalue weighted by molar-refractivity contribution is 5.92. The predicted octanol–water partition coefficient (Wildman–Crippen LogP) is 1.38. The zero-order valence-electron chi connectivity index (χ0n) is 11.4. The van der Waals surface area contributed by atoms with E-state index in [4.69, 9.17) is 5.73 Å². The van der Waals surface area contributed by atoms with E-state index >= 15 is 0 Å². The second-order valence-electron chi connectivity index (χ2n) is 4.96. The van der Waals surface area contributed by atoms with Gasteiger partial charge in [-0.2, -0.15) is 0 Å². The first-order chi connectivity index (χ1) is 9.52. The van der Waals surface area contributed by atoms with Gasteiger partial charge in [0, 0.05) is 5.56 Å². The largest absolute Gasteiger partial charge is 0.366 e. The second kappa shape index (κ2) is 5.64. The number of hydrogen-bond acceptors (Lipinski definition) is 4. The summed E-state index contributed by atoms with van der Waals surface area (Å²) in [5.41, 5.74) is 7.48. The summed E-state index contributed by atoms with van der Waals surface area (Å²) in [5.74, 6) is -0.109. The van der Waals surface area contributed by atoms with E-state index in [9.17, 15) is 9.59 Å². The maximum absolute atomic E-state index is 11.1. The molecule has 1 amide bonds. The van der Waals surface area contributed by atoms with E-state index in [0.717, 1.165) is 11.4 Å². The van der Waals surface area contributed by atoms with E-state index in [2.05, 4.69) is 24.2 Å². The van der Waals surface area contributed by atoms with Crippen molar-refractivity contribution < 1.29 is 9.59 Å². The van der Waals surface area contributed by atoms with Crippen molar-refractivity contribution in [2.45, 2.75) is 20.3 Å². The number of carbonyl (C=O) groups excluding carboxylic acids is 2. The van der Waals surface area contributed by atoms with Crippen LogP contribution >= 0.6 is 0 Å². The Morgan fingerprint density at radius 3 is 2.50 bits per heavy atom. The Balaban J connectivity index is 2.43. The maximum Gasteiger partial charge on any atom is 0.248 e. The van der Waals surface area contributed by atoms with Crippen LogP contribution in [0.25, 0.3) is 5.69 Å². The normalized spacial score (nSPS) is 10.8. The van der Waals surface area contributed by atoms with Gasteiger partial charge in [-0.15, -0.1) is 5.10 Å². The molecule has 6 heteroatoms. The third-order valence-corrected chi connectivity index (χ3v) is 2.90. The van der Waals surface area contributed by atoms with Crippen LogP contribution in [0, 0.1) is 5.92 Å². The van der Waals surface area contributed by atoms with Gasteiger partial charge >= 0.3 is 0 Å².